The minimum absolute atomic E-state index is 0.221. The van der Waals surface area contributed by atoms with Gasteiger partial charge in [-0.1, -0.05) is 40.5 Å². The third kappa shape index (κ3) is 3.81. The van der Waals surface area contributed by atoms with Crippen molar-refractivity contribution < 1.29 is 9.53 Å². The predicted octanol–water partition coefficient (Wildman–Crippen LogP) is 5.41. The number of fused-ring (bicyclic) bond motifs is 5. The highest BCUT2D eigenvalue weighted by Crippen LogP contribution is 2.67. The van der Waals surface area contributed by atoms with Crippen molar-refractivity contribution in [2.24, 2.45) is 34.1 Å². The second kappa shape index (κ2) is 8.43. The Labute approximate surface area is 194 Å². The van der Waals surface area contributed by atoms with Gasteiger partial charge in [0.1, 0.15) is 11.8 Å². The molecule has 4 N–H and O–H groups in total. The molecule has 4 heteroatoms. The number of carbonyl (C=O) groups is 1. The zero-order chi connectivity index (χ0) is 23.3. The molecular formula is C28H44N2O2. The van der Waals surface area contributed by atoms with E-state index in [1.165, 1.54) is 48.8 Å². The van der Waals surface area contributed by atoms with Crippen LogP contribution in [0.5, 0.6) is 5.75 Å². The molecule has 0 amide bonds. The first-order chi connectivity index (χ1) is 15.0. The summed E-state index contributed by atoms with van der Waals surface area (Å²) in [6, 6.07) is 3.62. The fourth-order valence-corrected chi connectivity index (χ4v) is 8.31. The molecule has 0 bridgehead atoms. The van der Waals surface area contributed by atoms with Crippen LogP contribution < -0.4 is 16.2 Å². The second-order valence-corrected chi connectivity index (χ2v) is 12.2. The Hall–Kier alpha value is -1.39. The van der Waals surface area contributed by atoms with Crippen molar-refractivity contribution in [3.8, 4) is 5.75 Å². The molecule has 0 heterocycles. The molecule has 1 aromatic carbocycles. The Morgan fingerprint density at radius 2 is 1.88 bits per heavy atom. The molecule has 178 valence electrons. The monoisotopic (exact) mass is 440 g/mol. The van der Waals surface area contributed by atoms with Crippen LogP contribution in [0.4, 0.5) is 0 Å². The third-order valence-corrected chi connectivity index (χ3v) is 9.67. The van der Waals surface area contributed by atoms with E-state index in [2.05, 4.69) is 46.8 Å². The Morgan fingerprint density at radius 1 is 1.12 bits per heavy atom. The highest BCUT2D eigenvalue weighted by atomic mass is 16.5. The normalized spacial score (nSPS) is 33.7. The summed E-state index contributed by atoms with van der Waals surface area (Å²) < 4.78 is 5.77. The molecule has 1 aromatic rings. The first-order valence-corrected chi connectivity index (χ1v) is 12.8. The number of unbranched alkanes of at least 4 members (excludes halogenated alkanes) is 1. The highest BCUT2D eigenvalue weighted by molar-refractivity contribution is 5.78. The van der Waals surface area contributed by atoms with Crippen molar-refractivity contribution in [3.63, 3.8) is 0 Å². The van der Waals surface area contributed by atoms with E-state index in [9.17, 15) is 4.79 Å². The van der Waals surface area contributed by atoms with E-state index in [4.69, 9.17) is 16.2 Å². The maximum absolute atomic E-state index is 12.6. The smallest absolute Gasteiger partial charge is 0.328 e. The average Bonchev–Trinajstić information content (AvgIpc) is 3.01. The molecule has 0 aliphatic heterocycles. The molecule has 0 unspecified atom stereocenters. The highest BCUT2D eigenvalue weighted by Gasteiger charge is 2.61. The van der Waals surface area contributed by atoms with Crippen LogP contribution in [-0.4, -0.2) is 18.6 Å². The zero-order valence-electron chi connectivity index (χ0n) is 20.9. The Morgan fingerprint density at radius 3 is 2.59 bits per heavy atom. The maximum atomic E-state index is 12.6. The van der Waals surface area contributed by atoms with Crippen molar-refractivity contribution in [1.29, 1.82) is 0 Å². The van der Waals surface area contributed by atoms with Crippen molar-refractivity contribution in [2.75, 3.05) is 6.54 Å². The summed E-state index contributed by atoms with van der Waals surface area (Å²) in [4.78, 5) is 12.6. The predicted molar refractivity (Wildman–Crippen MR) is 131 cm³/mol. The molecule has 0 saturated heterocycles. The number of benzene rings is 1. The largest absolute Gasteiger partial charge is 0.425 e. The maximum Gasteiger partial charge on any atom is 0.328 e. The van der Waals surface area contributed by atoms with Crippen molar-refractivity contribution in [2.45, 2.75) is 104 Å². The lowest BCUT2D eigenvalue weighted by molar-refractivity contribution is -0.136. The number of rotatable bonds is 6. The fourth-order valence-electron chi connectivity index (χ4n) is 8.31. The first kappa shape index (κ1) is 23.8. The van der Waals surface area contributed by atoms with E-state index < -0.39 is 6.04 Å². The van der Waals surface area contributed by atoms with E-state index in [0.717, 1.165) is 25.2 Å². The molecule has 0 spiro atoms. The third-order valence-electron chi connectivity index (χ3n) is 9.67. The number of carbonyl (C=O) groups excluding carboxylic acids is 1. The topological polar surface area (TPSA) is 78.3 Å². The number of hydrogen-bond acceptors (Lipinski definition) is 4. The van der Waals surface area contributed by atoms with E-state index in [-0.39, 0.29) is 11.4 Å². The molecule has 2 fully saturated rings. The van der Waals surface area contributed by atoms with Gasteiger partial charge in [-0.15, -0.1) is 0 Å². The SMILES string of the molecule is Cc1cc(OC(=O)[C@@H](N)CCCCN)cc2c1[C@]1(C)CC[C@H]3C(C)(C)CCC[C@]3(C)[C@H]1C2. The van der Waals surface area contributed by atoms with Crippen LogP contribution in [0, 0.1) is 29.6 Å². The van der Waals surface area contributed by atoms with Gasteiger partial charge >= 0.3 is 5.97 Å². The molecule has 3 aliphatic rings. The van der Waals surface area contributed by atoms with Crippen molar-refractivity contribution in [1.82, 2.24) is 0 Å². The van der Waals surface area contributed by atoms with Crippen LogP contribution in [0.15, 0.2) is 12.1 Å². The van der Waals surface area contributed by atoms with Crippen molar-refractivity contribution >= 4 is 5.97 Å². The molecule has 0 radical (unpaired) electrons. The molecule has 0 aromatic heterocycles. The molecule has 4 nitrogen and oxygen atoms in total. The van der Waals surface area contributed by atoms with Gasteiger partial charge in [-0.25, -0.2) is 4.79 Å². The van der Waals surface area contributed by atoms with Gasteiger partial charge in [-0.05, 0) is 115 Å². The summed E-state index contributed by atoms with van der Waals surface area (Å²) in [7, 11) is 0. The molecule has 4 rings (SSSR count). The molecule has 3 aliphatic carbocycles. The van der Waals surface area contributed by atoms with Crippen LogP contribution in [0.3, 0.4) is 0 Å². The summed E-state index contributed by atoms with van der Waals surface area (Å²) in [5.41, 5.74) is 16.8. The second-order valence-electron chi connectivity index (χ2n) is 12.2. The number of hydrogen-bond donors (Lipinski definition) is 2. The number of nitrogens with two attached hydrogens (primary N) is 2. The molecular weight excluding hydrogens is 396 g/mol. The summed E-state index contributed by atoms with van der Waals surface area (Å²) in [5.74, 6) is 1.78. The van der Waals surface area contributed by atoms with Gasteiger partial charge in [-0.2, -0.15) is 0 Å². The Kier molecular flexibility index (Phi) is 6.26. The summed E-state index contributed by atoms with van der Waals surface area (Å²) in [5, 5.41) is 0. The minimum Gasteiger partial charge on any atom is -0.425 e. The zero-order valence-corrected chi connectivity index (χ0v) is 20.9. The molecule has 32 heavy (non-hydrogen) atoms. The van der Waals surface area contributed by atoms with Gasteiger partial charge in [0.15, 0.2) is 0 Å². The molecule has 5 atom stereocenters. The molecule has 2 saturated carbocycles. The Bertz CT molecular complexity index is 878. The quantitative estimate of drug-likeness (QED) is 0.352. The van der Waals surface area contributed by atoms with Gasteiger partial charge in [0.2, 0.25) is 0 Å². The van der Waals surface area contributed by atoms with Gasteiger partial charge in [-0.3, -0.25) is 0 Å². The van der Waals surface area contributed by atoms with Crippen LogP contribution in [0.1, 0.15) is 95.8 Å². The fraction of sp³-hybridized carbons (Fsp3) is 0.750. The van der Waals surface area contributed by atoms with Gasteiger partial charge in [0.05, 0.1) is 0 Å². The van der Waals surface area contributed by atoms with E-state index in [1.54, 1.807) is 0 Å². The minimum atomic E-state index is -0.584. The summed E-state index contributed by atoms with van der Waals surface area (Å²) >= 11 is 0. The lowest BCUT2D eigenvalue weighted by atomic mass is 9.43. The number of aryl methyl sites for hydroxylation is 1. The van der Waals surface area contributed by atoms with Gasteiger partial charge in [0, 0.05) is 0 Å². The van der Waals surface area contributed by atoms with E-state index in [0.29, 0.717) is 35.5 Å². The first-order valence-electron chi connectivity index (χ1n) is 12.8. The number of ether oxygens (including phenoxy) is 1. The van der Waals surface area contributed by atoms with Crippen molar-refractivity contribution in [3.05, 3.63) is 28.8 Å². The van der Waals surface area contributed by atoms with Crippen LogP contribution >= 0.6 is 0 Å². The average molecular weight is 441 g/mol. The van der Waals surface area contributed by atoms with E-state index >= 15 is 0 Å². The van der Waals surface area contributed by atoms with Gasteiger partial charge < -0.3 is 16.2 Å². The Balaban J connectivity index is 1.58. The standard InChI is InChI=1S/C28H44N2O2/c1-18-15-20(32-25(31)21(30)9-6-7-14-29)16-19-17-23-27(4)12-8-11-26(2,3)22(27)10-13-28(23,5)24(18)19/h15-16,21-23H,6-14,17,29-30H2,1-5H3/t21-,22-,23+,27-,28+/m0/s1. The van der Waals surface area contributed by atoms with E-state index in [1.807, 2.05) is 0 Å². The summed E-state index contributed by atoms with van der Waals surface area (Å²) in [6.07, 6.45) is 10.1. The van der Waals surface area contributed by atoms with Crippen LogP contribution in [0.25, 0.3) is 0 Å². The van der Waals surface area contributed by atoms with Crippen LogP contribution in [0.2, 0.25) is 0 Å². The van der Waals surface area contributed by atoms with Crippen LogP contribution in [-0.2, 0) is 16.6 Å². The summed E-state index contributed by atoms with van der Waals surface area (Å²) in [6.45, 7) is 12.9. The van der Waals surface area contributed by atoms with Gasteiger partial charge in [0.25, 0.3) is 0 Å². The lowest BCUT2D eigenvalue weighted by Crippen LogP contribution is -2.55. The number of esters is 1. The lowest BCUT2D eigenvalue weighted by Gasteiger charge is -2.61.